The van der Waals surface area contributed by atoms with Crippen LogP contribution in [-0.4, -0.2) is 10.9 Å². The molecule has 0 unspecified atom stereocenters. The largest absolute Gasteiger partial charge is 0.348 e. The Morgan fingerprint density at radius 3 is 2.74 bits per heavy atom. The fraction of sp³-hybridized carbons (Fsp3) is 0.200. The molecule has 0 aliphatic carbocycles. The lowest BCUT2D eigenvalue weighted by atomic mass is 10.1. The maximum atomic E-state index is 13.1. The number of nitrogens with one attached hydrogen (secondary N) is 1. The lowest BCUT2D eigenvalue weighted by Crippen LogP contribution is -2.23. The van der Waals surface area contributed by atoms with Crippen LogP contribution in [0.5, 0.6) is 0 Å². The lowest BCUT2D eigenvalue weighted by molar-refractivity contribution is 0.0950. The van der Waals surface area contributed by atoms with Crippen LogP contribution in [0.1, 0.15) is 27.0 Å². The topological polar surface area (TPSA) is 42.0 Å². The summed E-state index contributed by atoms with van der Waals surface area (Å²) in [4.78, 5) is 16.0. The predicted octanol–water partition coefficient (Wildman–Crippen LogP) is 2.77. The van der Waals surface area contributed by atoms with Gasteiger partial charge in [0, 0.05) is 24.5 Å². The fourth-order valence-corrected chi connectivity index (χ4v) is 1.75. The van der Waals surface area contributed by atoms with E-state index < -0.39 is 0 Å². The molecular formula is C15H15FN2O. The van der Waals surface area contributed by atoms with Crippen molar-refractivity contribution in [1.29, 1.82) is 0 Å². The zero-order valence-electron chi connectivity index (χ0n) is 10.9. The number of rotatable bonds is 3. The zero-order chi connectivity index (χ0) is 13.8. The van der Waals surface area contributed by atoms with Crippen LogP contribution in [-0.2, 0) is 6.54 Å². The lowest BCUT2D eigenvalue weighted by Gasteiger charge is -2.08. The molecule has 1 amide bonds. The molecule has 0 radical (unpaired) electrons. The molecule has 2 rings (SSSR count). The van der Waals surface area contributed by atoms with Gasteiger partial charge in [-0.15, -0.1) is 0 Å². The van der Waals surface area contributed by atoms with E-state index in [2.05, 4.69) is 10.3 Å². The number of pyridine rings is 1. The van der Waals surface area contributed by atoms with E-state index in [-0.39, 0.29) is 11.7 Å². The summed E-state index contributed by atoms with van der Waals surface area (Å²) in [6.07, 6.45) is 3.44. The second-order valence-electron chi connectivity index (χ2n) is 4.45. The smallest absolute Gasteiger partial charge is 0.251 e. The fourth-order valence-electron chi connectivity index (χ4n) is 1.75. The first-order chi connectivity index (χ1) is 9.08. The van der Waals surface area contributed by atoms with Crippen molar-refractivity contribution in [2.75, 3.05) is 0 Å². The molecule has 0 aliphatic rings. The Bertz CT molecular complexity index is 611. The van der Waals surface area contributed by atoms with Crippen LogP contribution in [0, 0.1) is 19.7 Å². The van der Waals surface area contributed by atoms with Crippen molar-refractivity contribution >= 4 is 5.91 Å². The maximum absolute atomic E-state index is 13.1. The molecule has 2 aromatic rings. The van der Waals surface area contributed by atoms with Gasteiger partial charge in [-0.2, -0.15) is 0 Å². The van der Waals surface area contributed by atoms with Crippen LogP contribution in [0.3, 0.4) is 0 Å². The summed E-state index contributed by atoms with van der Waals surface area (Å²) >= 11 is 0. The summed E-state index contributed by atoms with van der Waals surface area (Å²) in [5, 5.41) is 2.80. The minimum Gasteiger partial charge on any atom is -0.348 e. The third kappa shape index (κ3) is 3.16. The summed E-state index contributed by atoms with van der Waals surface area (Å²) in [6.45, 7) is 4.01. The van der Waals surface area contributed by atoms with Gasteiger partial charge in [0.15, 0.2) is 0 Å². The molecule has 0 saturated heterocycles. The Labute approximate surface area is 111 Å². The number of hydrogen-bond donors (Lipinski definition) is 1. The molecule has 1 N–H and O–H groups in total. The normalized spacial score (nSPS) is 10.3. The molecule has 1 heterocycles. The van der Waals surface area contributed by atoms with Crippen LogP contribution in [0.2, 0.25) is 0 Å². The molecule has 3 nitrogen and oxygen atoms in total. The number of amides is 1. The van der Waals surface area contributed by atoms with Crippen LogP contribution >= 0.6 is 0 Å². The Kier molecular flexibility index (Phi) is 3.90. The number of hydrogen-bond acceptors (Lipinski definition) is 2. The highest BCUT2D eigenvalue weighted by molar-refractivity contribution is 5.94. The summed E-state index contributed by atoms with van der Waals surface area (Å²) in [7, 11) is 0. The molecular weight excluding hydrogens is 243 g/mol. The van der Waals surface area contributed by atoms with Crippen molar-refractivity contribution in [2.24, 2.45) is 0 Å². The summed E-state index contributed by atoms with van der Waals surface area (Å²) in [5.41, 5.74) is 2.96. The second kappa shape index (κ2) is 5.61. The predicted molar refractivity (Wildman–Crippen MR) is 71.3 cm³/mol. The third-order valence-corrected chi connectivity index (χ3v) is 3.01. The standard InChI is InChI=1S/C15H15FN2O/c1-10-5-6-17-8-13(10)9-18-15(19)12-3-4-14(16)11(2)7-12/h3-8H,9H2,1-2H3,(H,18,19). The van der Waals surface area contributed by atoms with E-state index in [0.29, 0.717) is 17.7 Å². The van der Waals surface area contributed by atoms with E-state index >= 15 is 0 Å². The SMILES string of the molecule is Cc1cc(C(=O)NCc2cnccc2C)ccc1F. The van der Waals surface area contributed by atoms with Gasteiger partial charge in [0.05, 0.1) is 0 Å². The van der Waals surface area contributed by atoms with Crippen molar-refractivity contribution in [3.05, 3.63) is 64.7 Å². The van der Waals surface area contributed by atoms with Gasteiger partial charge in [-0.05, 0) is 54.8 Å². The molecule has 19 heavy (non-hydrogen) atoms. The van der Waals surface area contributed by atoms with E-state index in [4.69, 9.17) is 0 Å². The first kappa shape index (κ1) is 13.2. The molecule has 98 valence electrons. The highest BCUT2D eigenvalue weighted by Crippen LogP contribution is 2.10. The second-order valence-corrected chi connectivity index (χ2v) is 4.45. The molecule has 0 atom stereocenters. The molecule has 0 saturated carbocycles. The van der Waals surface area contributed by atoms with Gasteiger partial charge in [-0.3, -0.25) is 9.78 Å². The average Bonchev–Trinajstić information content (AvgIpc) is 2.40. The minimum absolute atomic E-state index is 0.216. The molecule has 4 heteroatoms. The van der Waals surface area contributed by atoms with Crippen molar-refractivity contribution in [3.63, 3.8) is 0 Å². The van der Waals surface area contributed by atoms with E-state index in [0.717, 1.165) is 11.1 Å². The highest BCUT2D eigenvalue weighted by Gasteiger charge is 2.08. The molecule has 0 spiro atoms. The monoisotopic (exact) mass is 258 g/mol. The van der Waals surface area contributed by atoms with Gasteiger partial charge >= 0.3 is 0 Å². The Balaban J connectivity index is 2.05. The molecule has 0 bridgehead atoms. The quantitative estimate of drug-likeness (QED) is 0.919. The van der Waals surface area contributed by atoms with Crippen molar-refractivity contribution in [3.8, 4) is 0 Å². The van der Waals surface area contributed by atoms with E-state index in [1.165, 1.54) is 12.1 Å². The van der Waals surface area contributed by atoms with Gasteiger partial charge in [-0.1, -0.05) is 0 Å². The van der Waals surface area contributed by atoms with Gasteiger partial charge in [-0.25, -0.2) is 4.39 Å². The van der Waals surface area contributed by atoms with Crippen LogP contribution in [0.15, 0.2) is 36.7 Å². The zero-order valence-corrected chi connectivity index (χ0v) is 10.9. The Morgan fingerprint density at radius 1 is 1.26 bits per heavy atom. The number of carbonyl (C=O) groups excluding carboxylic acids is 1. The number of aromatic nitrogens is 1. The van der Waals surface area contributed by atoms with Crippen molar-refractivity contribution in [1.82, 2.24) is 10.3 Å². The van der Waals surface area contributed by atoms with Gasteiger partial charge in [0.25, 0.3) is 5.91 Å². The van der Waals surface area contributed by atoms with Crippen molar-refractivity contribution in [2.45, 2.75) is 20.4 Å². The molecule has 0 aliphatic heterocycles. The minimum atomic E-state index is -0.306. The Hall–Kier alpha value is -2.23. The average molecular weight is 258 g/mol. The summed E-state index contributed by atoms with van der Waals surface area (Å²) in [6, 6.07) is 6.22. The number of benzene rings is 1. The van der Waals surface area contributed by atoms with E-state index in [1.807, 2.05) is 13.0 Å². The third-order valence-electron chi connectivity index (χ3n) is 3.01. The van der Waals surface area contributed by atoms with E-state index in [1.54, 1.807) is 25.4 Å². The first-order valence-corrected chi connectivity index (χ1v) is 6.02. The van der Waals surface area contributed by atoms with Gasteiger partial charge in [0.2, 0.25) is 0 Å². The van der Waals surface area contributed by atoms with Gasteiger partial charge in [0.1, 0.15) is 5.82 Å². The molecule has 1 aromatic carbocycles. The number of nitrogens with zero attached hydrogens (tertiary/aromatic N) is 1. The first-order valence-electron chi connectivity index (χ1n) is 6.02. The number of aryl methyl sites for hydroxylation is 2. The Morgan fingerprint density at radius 2 is 2.05 bits per heavy atom. The summed E-state index contributed by atoms with van der Waals surface area (Å²) < 4.78 is 13.1. The van der Waals surface area contributed by atoms with Crippen LogP contribution < -0.4 is 5.32 Å². The molecule has 0 fully saturated rings. The van der Waals surface area contributed by atoms with Crippen LogP contribution in [0.4, 0.5) is 4.39 Å². The van der Waals surface area contributed by atoms with Crippen LogP contribution in [0.25, 0.3) is 0 Å². The number of carbonyl (C=O) groups is 1. The maximum Gasteiger partial charge on any atom is 0.251 e. The van der Waals surface area contributed by atoms with E-state index in [9.17, 15) is 9.18 Å². The molecule has 1 aromatic heterocycles. The van der Waals surface area contributed by atoms with Gasteiger partial charge < -0.3 is 5.32 Å². The van der Waals surface area contributed by atoms with Crippen molar-refractivity contribution < 1.29 is 9.18 Å². The highest BCUT2D eigenvalue weighted by atomic mass is 19.1. The number of halogens is 1. The summed E-state index contributed by atoms with van der Waals surface area (Å²) in [5.74, 6) is -0.522.